The summed E-state index contributed by atoms with van der Waals surface area (Å²) in [6, 6.07) is 6.58. The van der Waals surface area contributed by atoms with Crippen molar-refractivity contribution in [3.63, 3.8) is 0 Å². The Bertz CT molecular complexity index is 1290. The highest BCUT2D eigenvalue weighted by atomic mass is 35.5. The molecule has 0 aliphatic rings. The number of aryl methyl sites for hydroxylation is 2. The number of pyridine rings is 1. The fraction of sp³-hybridized carbons (Fsp3) is 0.200. The lowest BCUT2D eigenvalue weighted by Crippen LogP contribution is -2.18. The average molecular weight is 461 g/mol. The van der Waals surface area contributed by atoms with Crippen molar-refractivity contribution in [1.29, 1.82) is 0 Å². The summed E-state index contributed by atoms with van der Waals surface area (Å²) < 4.78 is 25.9. The van der Waals surface area contributed by atoms with Gasteiger partial charge in [0.2, 0.25) is 16.0 Å². The van der Waals surface area contributed by atoms with Crippen molar-refractivity contribution >= 4 is 39.2 Å². The number of aromatic nitrogens is 3. The Kier molecular flexibility index (Phi) is 6.14. The van der Waals surface area contributed by atoms with E-state index in [4.69, 9.17) is 17.3 Å². The highest BCUT2D eigenvalue weighted by molar-refractivity contribution is 7.92. The predicted octanol–water partition coefficient (Wildman–Crippen LogP) is 2.79. The highest BCUT2D eigenvalue weighted by Crippen LogP contribution is 2.36. The third-order valence-corrected chi connectivity index (χ3v) is 5.40. The molecule has 0 radical (unpaired) electrons. The van der Waals surface area contributed by atoms with Gasteiger partial charge in [-0.3, -0.25) is 14.5 Å². The summed E-state index contributed by atoms with van der Waals surface area (Å²) in [4.78, 5) is 24.9. The fourth-order valence-electron chi connectivity index (χ4n) is 3.10. The molecule has 3 rings (SSSR count). The minimum absolute atomic E-state index is 0.0669. The molecule has 162 valence electrons. The van der Waals surface area contributed by atoms with Gasteiger partial charge in [-0.2, -0.15) is 0 Å². The summed E-state index contributed by atoms with van der Waals surface area (Å²) >= 11 is 6.32. The Labute approximate surface area is 185 Å². The van der Waals surface area contributed by atoms with Gasteiger partial charge in [-0.05, 0) is 32.0 Å². The van der Waals surface area contributed by atoms with Gasteiger partial charge in [0, 0.05) is 29.9 Å². The molecule has 1 amide bonds. The third-order valence-electron chi connectivity index (χ3n) is 4.49. The van der Waals surface area contributed by atoms with E-state index in [-0.39, 0.29) is 16.9 Å². The Balaban J connectivity index is 2.22. The van der Waals surface area contributed by atoms with Gasteiger partial charge < -0.3 is 11.1 Å². The SMILES string of the molecule is CNC(=O)c1ccc(-c2nc(N)nc(C)c2-c2cnc(C)c(NS(C)(=O)=O)c2)cc1Cl. The number of rotatable bonds is 5. The number of hydrogen-bond acceptors (Lipinski definition) is 7. The lowest BCUT2D eigenvalue weighted by molar-refractivity contribution is 0.0963. The first kappa shape index (κ1) is 22.4. The molecule has 1 aromatic carbocycles. The molecule has 0 aliphatic carbocycles. The highest BCUT2D eigenvalue weighted by Gasteiger charge is 2.19. The lowest BCUT2D eigenvalue weighted by atomic mass is 9.97. The Morgan fingerprint density at radius 1 is 1.10 bits per heavy atom. The van der Waals surface area contributed by atoms with Crippen LogP contribution in [0.5, 0.6) is 0 Å². The molecule has 2 aromatic heterocycles. The number of sulfonamides is 1. The first-order valence-electron chi connectivity index (χ1n) is 9.11. The molecule has 0 bridgehead atoms. The largest absolute Gasteiger partial charge is 0.368 e. The van der Waals surface area contributed by atoms with E-state index in [1.807, 2.05) is 0 Å². The molecule has 0 atom stereocenters. The van der Waals surface area contributed by atoms with Crippen molar-refractivity contribution in [1.82, 2.24) is 20.3 Å². The van der Waals surface area contributed by atoms with Gasteiger partial charge in [0.15, 0.2) is 0 Å². The number of carbonyl (C=O) groups is 1. The van der Waals surface area contributed by atoms with Gasteiger partial charge in [0.05, 0.1) is 39.6 Å². The maximum absolute atomic E-state index is 12.0. The first-order valence-corrected chi connectivity index (χ1v) is 11.4. The van der Waals surface area contributed by atoms with Crippen LogP contribution in [0.25, 0.3) is 22.4 Å². The van der Waals surface area contributed by atoms with Crippen LogP contribution in [0.15, 0.2) is 30.5 Å². The van der Waals surface area contributed by atoms with Crippen LogP contribution < -0.4 is 15.8 Å². The topological polar surface area (TPSA) is 140 Å². The molecule has 0 aliphatic heterocycles. The number of benzene rings is 1. The predicted molar refractivity (Wildman–Crippen MR) is 121 cm³/mol. The van der Waals surface area contributed by atoms with Crippen molar-refractivity contribution in [3.8, 4) is 22.4 Å². The Hall–Kier alpha value is -3.24. The van der Waals surface area contributed by atoms with E-state index in [0.717, 1.165) is 6.26 Å². The normalized spacial score (nSPS) is 11.3. The summed E-state index contributed by atoms with van der Waals surface area (Å²) in [5.41, 5.74) is 9.95. The number of hydrogen-bond donors (Lipinski definition) is 3. The van der Waals surface area contributed by atoms with E-state index in [1.54, 1.807) is 44.3 Å². The molecule has 31 heavy (non-hydrogen) atoms. The van der Waals surface area contributed by atoms with E-state index in [9.17, 15) is 13.2 Å². The summed E-state index contributed by atoms with van der Waals surface area (Å²) in [5, 5.41) is 2.78. The summed E-state index contributed by atoms with van der Waals surface area (Å²) in [5.74, 6) is -0.244. The Morgan fingerprint density at radius 2 is 1.81 bits per heavy atom. The quantitative estimate of drug-likeness (QED) is 0.531. The zero-order valence-corrected chi connectivity index (χ0v) is 18.9. The minimum Gasteiger partial charge on any atom is -0.368 e. The number of nitrogens with two attached hydrogens (primary N) is 1. The van der Waals surface area contributed by atoms with E-state index in [1.165, 1.54) is 7.05 Å². The molecular weight excluding hydrogens is 440 g/mol. The van der Waals surface area contributed by atoms with E-state index < -0.39 is 10.0 Å². The summed E-state index contributed by atoms with van der Waals surface area (Å²) in [6.45, 7) is 3.46. The molecule has 3 aromatic rings. The van der Waals surface area contributed by atoms with Gasteiger partial charge in [-0.15, -0.1) is 0 Å². The molecule has 0 unspecified atom stereocenters. The monoisotopic (exact) mass is 460 g/mol. The second-order valence-corrected chi connectivity index (χ2v) is 9.05. The second-order valence-electron chi connectivity index (χ2n) is 6.90. The minimum atomic E-state index is -3.50. The molecule has 0 fully saturated rings. The second kappa shape index (κ2) is 8.48. The van der Waals surface area contributed by atoms with Crippen LogP contribution >= 0.6 is 11.6 Å². The van der Waals surface area contributed by atoms with Crippen LogP contribution in [0.4, 0.5) is 11.6 Å². The van der Waals surface area contributed by atoms with Crippen LogP contribution in [0.1, 0.15) is 21.7 Å². The Morgan fingerprint density at radius 3 is 2.42 bits per heavy atom. The number of halogens is 1. The molecule has 0 saturated heterocycles. The van der Waals surface area contributed by atoms with Crippen LogP contribution in [-0.4, -0.2) is 42.6 Å². The van der Waals surface area contributed by atoms with E-state index >= 15 is 0 Å². The number of nitrogen functional groups attached to an aromatic ring is 1. The van der Waals surface area contributed by atoms with Crippen LogP contribution in [0, 0.1) is 13.8 Å². The van der Waals surface area contributed by atoms with Gasteiger partial charge in [0.1, 0.15) is 0 Å². The van der Waals surface area contributed by atoms with Gasteiger partial charge >= 0.3 is 0 Å². The average Bonchev–Trinajstić information content (AvgIpc) is 2.67. The lowest BCUT2D eigenvalue weighted by Gasteiger charge is -2.15. The number of amides is 1. The maximum atomic E-state index is 12.0. The zero-order valence-electron chi connectivity index (χ0n) is 17.3. The van der Waals surface area contributed by atoms with Crippen molar-refractivity contribution < 1.29 is 13.2 Å². The van der Waals surface area contributed by atoms with Gasteiger partial charge in [-0.1, -0.05) is 17.7 Å². The summed E-state index contributed by atoms with van der Waals surface area (Å²) in [6.07, 6.45) is 2.67. The van der Waals surface area contributed by atoms with Gasteiger partial charge in [0.25, 0.3) is 5.91 Å². The number of nitrogens with one attached hydrogen (secondary N) is 2. The fourth-order valence-corrected chi connectivity index (χ4v) is 3.98. The third kappa shape index (κ3) is 4.92. The molecule has 11 heteroatoms. The first-order chi connectivity index (χ1) is 14.5. The smallest absolute Gasteiger partial charge is 0.252 e. The van der Waals surface area contributed by atoms with E-state index in [2.05, 4.69) is 25.0 Å². The molecule has 2 heterocycles. The van der Waals surface area contributed by atoms with Crippen LogP contribution in [-0.2, 0) is 10.0 Å². The number of anilines is 2. The molecular formula is C20H21ClN6O3S. The van der Waals surface area contributed by atoms with E-state index in [0.29, 0.717) is 45.0 Å². The van der Waals surface area contributed by atoms with Crippen LogP contribution in [0.2, 0.25) is 5.02 Å². The van der Waals surface area contributed by atoms with Crippen molar-refractivity contribution in [3.05, 3.63) is 52.4 Å². The van der Waals surface area contributed by atoms with Crippen LogP contribution in [0.3, 0.4) is 0 Å². The summed E-state index contributed by atoms with van der Waals surface area (Å²) in [7, 11) is -1.98. The maximum Gasteiger partial charge on any atom is 0.252 e. The molecule has 0 spiro atoms. The van der Waals surface area contributed by atoms with Crippen molar-refractivity contribution in [2.75, 3.05) is 23.8 Å². The van der Waals surface area contributed by atoms with Gasteiger partial charge in [-0.25, -0.2) is 18.4 Å². The molecule has 9 nitrogen and oxygen atoms in total. The molecule has 4 N–H and O–H groups in total. The van der Waals surface area contributed by atoms with Crippen molar-refractivity contribution in [2.45, 2.75) is 13.8 Å². The number of carbonyl (C=O) groups excluding carboxylic acids is 1. The number of nitrogens with zero attached hydrogens (tertiary/aromatic N) is 3. The molecule has 0 saturated carbocycles. The zero-order chi connectivity index (χ0) is 22.9. The standard InChI is InChI=1S/C20H21ClN6O3S/c1-10-16(27-31(4,29)30)8-13(9-24-10)17-11(2)25-20(22)26-18(17)12-5-6-14(15(21)7-12)19(28)23-3/h5-9,27H,1-4H3,(H,23,28)(H2,22,25,26). The van der Waals surface area contributed by atoms with Crippen molar-refractivity contribution in [2.24, 2.45) is 0 Å².